The summed E-state index contributed by atoms with van der Waals surface area (Å²) in [6, 6.07) is 7.58. The summed E-state index contributed by atoms with van der Waals surface area (Å²) in [6.07, 6.45) is 2.97. The van der Waals surface area contributed by atoms with Crippen LogP contribution in [0.2, 0.25) is 0 Å². The first-order valence-corrected chi connectivity index (χ1v) is 7.24. The maximum Gasteiger partial charge on any atom is 0.238 e. The third-order valence-electron chi connectivity index (χ3n) is 3.90. The number of benzene rings is 1. The molecule has 1 aliphatic rings. The molecule has 1 amide bonds. The number of likely N-dealkylation sites (N-methyl/N-ethyl adjacent to an activating group) is 1. The van der Waals surface area contributed by atoms with E-state index in [-0.39, 0.29) is 5.91 Å². The van der Waals surface area contributed by atoms with Gasteiger partial charge in [0.2, 0.25) is 5.91 Å². The fourth-order valence-corrected chi connectivity index (χ4v) is 2.60. The topological polar surface area (TPSA) is 58.6 Å². The molecule has 1 aromatic carbocycles. The van der Waals surface area contributed by atoms with Crippen LogP contribution in [0, 0.1) is 0 Å². The summed E-state index contributed by atoms with van der Waals surface area (Å²) < 4.78 is 5.08. The predicted octanol–water partition coefficient (Wildman–Crippen LogP) is 2.08. The van der Waals surface area contributed by atoms with Crippen LogP contribution in [0.25, 0.3) is 0 Å². The first-order chi connectivity index (χ1) is 10.1. The van der Waals surface area contributed by atoms with Crippen LogP contribution in [0.3, 0.4) is 0 Å². The summed E-state index contributed by atoms with van der Waals surface area (Å²) >= 11 is 0. The van der Waals surface area contributed by atoms with Crippen LogP contribution in [-0.4, -0.2) is 43.3 Å². The second-order valence-electron chi connectivity index (χ2n) is 5.46. The molecule has 1 saturated carbocycles. The van der Waals surface area contributed by atoms with E-state index in [1.54, 1.807) is 7.11 Å². The largest absolute Gasteiger partial charge is 0.497 e. The number of carbonyl (C=O) groups excluding carboxylic acids is 2. The highest BCUT2D eigenvalue weighted by molar-refractivity contribution is 5.92. The van der Waals surface area contributed by atoms with E-state index in [1.807, 2.05) is 36.2 Å². The van der Waals surface area contributed by atoms with Crippen molar-refractivity contribution in [2.45, 2.75) is 31.7 Å². The molecule has 114 valence electrons. The number of Topliss-reactive ketones (excluding diaryl/α,β-unsaturated/α-hetero) is 1. The molecular formula is C16H22N2O3. The molecule has 1 fully saturated rings. The zero-order valence-electron chi connectivity index (χ0n) is 12.6. The molecule has 0 spiro atoms. The van der Waals surface area contributed by atoms with Gasteiger partial charge in [-0.25, -0.2) is 0 Å². The number of carbonyl (C=O) groups is 2. The Kier molecular flexibility index (Phi) is 5.33. The van der Waals surface area contributed by atoms with Crippen LogP contribution in [0.4, 0.5) is 5.69 Å². The van der Waals surface area contributed by atoms with E-state index in [0.29, 0.717) is 31.2 Å². The number of ketones is 1. The Bertz CT molecular complexity index is 489. The van der Waals surface area contributed by atoms with Gasteiger partial charge in [-0.1, -0.05) is 0 Å². The van der Waals surface area contributed by atoms with Crippen molar-refractivity contribution >= 4 is 17.4 Å². The van der Waals surface area contributed by atoms with Crippen LogP contribution in [0.15, 0.2) is 24.3 Å². The lowest BCUT2D eigenvalue weighted by atomic mass is 9.93. The Hall–Kier alpha value is -1.88. The van der Waals surface area contributed by atoms with E-state index in [2.05, 4.69) is 5.32 Å². The fraction of sp³-hybridized carbons (Fsp3) is 0.500. The molecule has 1 aromatic rings. The minimum Gasteiger partial charge on any atom is -0.497 e. The number of hydrogen-bond acceptors (Lipinski definition) is 4. The summed E-state index contributed by atoms with van der Waals surface area (Å²) in [5, 5.41) is 2.87. The molecule has 0 aliphatic heterocycles. The fourth-order valence-electron chi connectivity index (χ4n) is 2.60. The summed E-state index contributed by atoms with van der Waals surface area (Å²) in [4.78, 5) is 25.3. The normalized spacial score (nSPS) is 16.0. The smallest absolute Gasteiger partial charge is 0.238 e. The molecule has 0 atom stereocenters. The molecule has 0 heterocycles. The van der Waals surface area contributed by atoms with Crippen molar-refractivity contribution in [3.8, 4) is 5.75 Å². The standard InChI is InChI=1S/C16H22N2O3/c1-18(13-5-7-14(19)8-6-13)11-16(20)17-12-3-9-15(21-2)10-4-12/h3-4,9-10,13H,5-8,11H2,1-2H3,(H,17,20). The predicted molar refractivity (Wildman–Crippen MR) is 81.5 cm³/mol. The number of methoxy groups -OCH3 is 1. The Morgan fingerprint density at radius 3 is 2.48 bits per heavy atom. The first-order valence-electron chi connectivity index (χ1n) is 7.24. The molecule has 0 aromatic heterocycles. The van der Waals surface area contributed by atoms with Gasteiger partial charge < -0.3 is 10.1 Å². The third-order valence-corrected chi connectivity index (χ3v) is 3.90. The molecule has 0 saturated heterocycles. The first kappa shape index (κ1) is 15.5. The molecule has 1 aliphatic carbocycles. The van der Waals surface area contributed by atoms with Crippen molar-refractivity contribution < 1.29 is 14.3 Å². The van der Waals surface area contributed by atoms with Gasteiger partial charge in [0.15, 0.2) is 0 Å². The van der Waals surface area contributed by atoms with Crippen LogP contribution in [0.1, 0.15) is 25.7 Å². The van der Waals surface area contributed by atoms with E-state index >= 15 is 0 Å². The van der Waals surface area contributed by atoms with Gasteiger partial charge in [-0.3, -0.25) is 14.5 Å². The van der Waals surface area contributed by atoms with Crippen molar-refractivity contribution in [1.82, 2.24) is 4.90 Å². The number of hydrogen-bond donors (Lipinski definition) is 1. The van der Waals surface area contributed by atoms with Crippen molar-refractivity contribution in [3.63, 3.8) is 0 Å². The maximum absolute atomic E-state index is 12.0. The SMILES string of the molecule is COc1ccc(NC(=O)CN(C)C2CCC(=O)CC2)cc1. The highest BCUT2D eigenvalue weighted by atomic mass is 16.5. The van der Waals surface area contributed by atoms with Gasteiger partial charge in [-0.15, -0.1) is 0 Å². The Morgan fingerprint density at radius 1 is 1.29 bits per heavy atom. The zero-order valence-corrected chi connectivity index (χ0v) is 12.6. The van der Waals surface area contributed by atoms with Gasteiger partial charge in [-0.2, -0.15) is 0 Å². The molecule has 0 bridgehead atoms. The van der Waals surface area contributed by atoms with Gasteiger partial charge in [-0.05, 0) is 44.2 Å². The number of ether oxygens (including phenoxy) is 1. The van der Waals surface area contributed by atoms with Gasteiger partial charge in [0.1, 0.15) is 11.5 Å². The van der Waals surface area contributed by atoms with E-state index in [1.165, 1.54) is 0 Å². The number of anilines is 1. The average Bonchev–Trinajstić information content (AvgIpc) is 2.48. The average molecular weight is 290 g/mol. The molecule has 5 heteroatoms. The molecule has 21 heavy (non-hydrogen) atoms. The van der Waals surface area contributed by atoms with Crippen molar-refractivity contribution in [1.29, 1.82) is 0 Å². The van der Waals surface area contributed by atoms with Crippen molar-refractivity contribution in [3.05, 3.63) is 24.3 Å². The molecule has 0 radical (unpaired) electrons. The summed E-state index contributed by atoms with van der Waals surface area (Å²) in [5.74, 6) is 1.05. The Morgan fingerprint density at radius 2 is 1.90 bits per heavy atom. The second-order valence-corrected chi connectivity index (χ2v) is 5.46. The lowest BCUT2D eigenvalue weighted by molar-refractivity contribution is -0.121. The molecule has 5 nitrogen and oxygen atoms in total. The van der Waals surface area contributed by atoms with Gasteiger partial charge in [0, 0.05) is 24.6 Å². The molecule has 2 rings (SSSR count). The Labute approximate surface area is 125 Å². The molecular weight excluding hydrogens is 268 g/mol. The summed E-state index contributed by atoms with van der Waals surface area (Å²) in [5.41, 5.74) is 0.757. The molecule has 1 N–H and O–H groups in total. The van der Waals surface area contributed by atoms with Gasteiger partial charge in [0.05, 0.1) is 13.7 Å². The van der Waals surface area contributed by atoms with Crippen LogP contribution < -0.4 is 10.1 Å². The zero-order chi connectivity index (χ0) is 15.2. The highest BCUT2D eigenvalue weighted by Gasteiger charge is 2.23. The van der Waals surface area contributed by atoms with Gasteiger partial charge in [0.25, 0.3) is 0 Å². The van der Waals surface area contributed by atoms with Crippen LogP contribution >= 0.6 is 0 Å². The number of amides is 1. The molecule has 0 unspecified atom stereocenters. The lowest BCUT2D eigenvalue weighted by Crippen LogP contribution is -2.40. The van der Waals surface area contributed by atoms with E-state index in [4.69, 9.17) is 4.74 Å². The van der Waals surface area contributed by atoms with Crippen molar-refractivity contribution in [2.24, 2.45) is 0 Å². The van der Waals surface area contributed by atoms with Crippen LogP contribution in [0.5, 0.6) is 5.75 Å². The number of nitrogens with one attached hydrogen (secondary N) is 1. The number of nitrogens with zero attached hydrogens (tertiary/aromatic N) is 1. The minimum atomic E-state index is -0.0421. The Balaban J connectivity index is 1.81. The lowest BCUT2D eigenvalue weighted by Gasteiger charge is -2.30. The summed E-state index contributed by atoms with van der Waals surface area (Å²) in [7, 11) is 3.55. The monoisotopic (exact) mass is 290 g/mol. The van der Waals surface area contributed by atoms with Gasteiger partial charge >= 0.3 is 0 Å². The second kappa shape index (κ2) is 7.22. The van der Waals surface area contributed by atoms with Crippen molar-refractivity contribution in [2.75, 3.05) is 26.0 Å². The van der Waals surface area contributed by atoms with E-state index in [0.717, 1.165) is 24.3 Å². The van der Waals surface area contributed by atoms with Crippen LogP contribution in [-0.2, 0) is 9.59 Å². The maximum atomic E-state index is 12.0. The number of rotatable bonds is 5. The third kappa shape index (κ3) is 4.56. The highest BCUT2D eigenvalue weighted by Crippen LogP contribution is 2.19. The minimum absolute atomic E-state index is 0.0421. The van der Waals surface area contributed by atoms with E-state index < -0.39 is 0 Å². The summed E-state index contributed by atoms with van der Waals surface area (Å²) in [6.45, 7) is 0.338. The quantitative estimate of drug-likeness (QED) is 0.902. The van der Waals surface area contributed by atoms with E-state index in [9.17, 15) is 9.59 Å².